The van der Waals surface area contributed by atoms with Crippen molar-refractivity contribution in [3.05, 3.63) is 52.7 Å². The molecule has 2 rings (SSSR count). The molecule has 1 heterocycles. The van der Waals surface area contributed by atoms with Gasteiger partial charge in [-0.25, -0.2) is 12.8 Å². The molecule has 1 aromatic heterocycles. The Hall–Kier alpha value is -1.41. The number of benzene rings is 1. The zero-order valence-electron chi connectivity index (χ0n) is 11.1. The third-order valence-corrected chi connectivity index (χ3v) is 4.94. The fourth-order valence-corrected chi connectivity index (χ4v) is 3.41. The summed E-state index contributed by atoms with van der Waals surface area (Å²) in [6.07, 6.45) is 2.82. The molecule has 0 unspecified atom stereocenters. The molecule has 0 saturated heterocycles. The summed E-state index contributed by atoms with van der Waals surface area (Å²) in [6.45, 7) is -0.612. The monoisotopic (exact) mass is 333 g/mol. The molecule has 0 aliphatic heterocycles. The second kappa shape index (κ2) is 6.15. The first-order chi connectivity index (χ1) is 9.86. The highest BCUT2D eigenvalue weighted by molar-refractivity contribution is 7.89. The summed E-state index contributed by atoms with van der Waals surface area (Å²) >= 11 is 5.78. The number of hydrogen-bond donors (Lipinski definition) is 1. The van der Waals surface area contributed by atoms with Crippen molar-refractivity contribution in [3.63, 3.8) is 0 Å². The lowest BCUT2D eigenvalue weighted by Crippen LogP contribution is -2.27. The molecule has 0 spiro atoms. The molecule has 2 aromatic rings. The first kappa shape index (κ1) is 16.0. The average molecular weight is 334 g/mol. The van der Waals surface area contributed by atoms with Crippen LogP contribution in [-0.2, 0) is 23.2 Å². The number of rotatable bonds is 5. The van der Waals surface area contributed by atoms with E-state index < -0.39 is 27.3 Å². The van der Waals surface area contributed by atoms with E-state index in [1.165, 1.54) is 25.6 Å². The number of sulfonamides is 1. The number of aliphatic hydroxyl groups excluding tert-OH is 1. The van der Waals surface area contributed by atoms with Crippen LogP contribution in [0.25, 0.3) is 0 Å². The number of hydrogen-bond acceptors (Lipinski definition) is 4. The SMILES string of the molecule is CN(Cc1ccoc1)S(=O)(=O)c1cc(Cl)cc(CO)c1F. The highest BCUT2D eigenvalue weighted by Gasteiger charge is 2.27. The standard InChI is InChI=1S/C13H13ClFNO4S/c1-16(6-9-2-3-20-8-9)21(18,19)12-5-11(14)4-10(7-17)13(12)15/h2-5,8,17H,6-7H2,1H3. The minimum Gasteiger partial charge on any atom is -0.472 e. The zero-order chi connectivity index (χ0) is 15.6. The van der Waals surface area contributed by atoms with E-state index in [4.69, 9.17) is 21.1 Å². The molecule has 8 heteroatoms. The Morgan fingerprint density at radius 2 is 2.14 bits per heavy atom. The summed E-state index contributed by atoms with van der Waals surface area (Å²) in [7, 11) is -2.76. The van der Waals surface area contributed by atoms with Crippen molar-refractivity contribution < 1.29 is 22.3 Å². The summed E-state index contributed by atoms with van der Waals surface area (Å²) in [5.74, 6) is -0.999. The summed E-state index contributed by atoms with van der Waals surface area (Å²) in [5, 5.41) is 9.10. The van der Waals surface area contributed by atoms with E-state index in [0.717, 1.165) is 10.4 Å². The zero-order valence-corrected chi connectivity index (χ0v) is 12.7. The normalized spacial score (nSPS) is 12.0. The molecular weight excluding hydrogens is 321 g/mol. The van der Waals surface area contributed by atoms with Gasteiger partial charge in [-0.15, -0.1) is 0 Å². The van der Waals surface area contributed by atoms with E-state index in [0.29, 0.717) is 5.56 Å². The number of halogens is 2. The largest absolute Gasteiger partial charge is 0.472 e. The summed E-state index contributed by atoms with van der Waals surface area (Å²) in [6, 6.07) is 3.82. The van der Waals surface area contributed by atoms with E-state index in [9.17, 15) is 12.8 Å². The van der Waals surface area contributed by atoms with Gasteiger partial charge in [0.15, 0.2) is 0 Å². The van der Waals surface area contributed by atoms with E-state index in [1.807, 2.05) is 0 Å². The molecule has 0 bridgehead atoms. The van der Waals surface area contributed by atoms with Crippen LogP contribution in [0.5, 0.6) is 0 Å². The smallest absolute Gasteiger partial charge is 0.246 e. The van der Waals surface area contributed by atoms with Crippen LogP contribution in [0, 0.1) is 5.82 Å². The maximum atomic E-state index is 14.1. The van der Waals surface area contributed by atoms with Crippen LogP contribution in [0.4, 0.5) is 4.39 Å². The van der Waals surface area contributed by atoms with Gasteiger partial charge in [0.1, 0.15) is 10.7 Å². The lowest BCUT2D eigenvalue weighted by Gasteiger charge is -2.18. The molecule has 0 atom stereocenters. The van der Waals surface area contributed by atoms with Crippen molar-refractivity contribution in [2.45, 2.75) is 18.0 Å². The predicted molar refractivity (Wildman–Crippen MR) is 74.7 cm³/mol. The van der Waals surface area contributed by atoms with E-state index >= 15 is 0 Å². The first-order valence-corrected chi connectivity index (χ1v) is 7.74. The quantitative estimate of drug-likeness (QED) is 0.912. The Bertz CT molecular complexity index is 731. The molecule has 1 aromatic carbocycles. The number of furan rings is 1. The van der Waals surface area contributed by atoms with Crippen molar-refractivity contribution in [3.8, 4) is 0 Å². The summed E-state index contributed by atoms with van der Waals surface area (Å²) in [4.78, 5) is -0.565. The van der Waals surface area contributed by atoms with Gasteiger partial charge in [-0.3, -0.25) is 0 Å². The Labute approximate surface area is 126 Å². The van der Waals surface area contributed by atoms with Gasteiger partial charge >= 0.3 is 0 Å². The average Bonchev–Trinajstić information content (AvgIpc) is 2.93. The number of nitrogens with zero attached hydrogens (tertiary/aromatic N) is 1. The molecule has 0 aliphatic carbocycles. The van der Waals surface area contributed by atoms with Gasteiger partial charge in [0.05, 0.1) is 19.1 Å². The minimum absolute atomic E-state index is 0.0270. The summed E-state index contributed by atoms with van der Waals surface area (Å²) in [5.41, 5.74) is 0.462. The molecule has 0 radical (unpaired) electrons. The molecule has 0 aliphatic rings. The molecule has 0 amide bonds. The van der Waals surface area contributed by atoms with Crippen LogP contribution >= 0.6 is 11.6 Å². The van der Waals surface area contributed by atoms with Gasteiger partial charge in [-0.2, -0.15) is 4.31 Å². The molecule has 0 saturated carbocycles. The molecular formula is C13H13ClFNO4S. The van der Waals surface area contributed by atoms with E-state index in [-0.39, 0.29) is 17.1 Å². The second-order valence-electron chi connectivity index (χ2n) is 4.43. The highest BCUT2D eigenvalue weighted by Crippen LogP contribution is 2.26. The molecule has 0 fully saturated rings. The molecule has 114 valence electrons. The van der Waals surface area contributed by atoms with Crippen LogP contribution in [0.2, 0.25) is 5.02 Å². The highest BCUT2D eigenvalue weighted by atomic mass is 35.5. The lowest BCUT2D eigenvalue weighted by atomic mass is 10.2. The topological polar surface area (TPSA) is 70.8 Å². The first-order valence-electron chi connectivity index (χ1n) is 5.92. The third kappa shape index (κ3) is 3.26. The van der Waals surface area contributed by atoms with Crippen LogP contribution in [0.1, 0.15) is 11.1 Å². The predicted octanol–water partition coefficient (Wildman–Crippen LogP) is 2.39. The van der Waals surface area contributed by atoms with Crippen molar-refractivity contribution in [2.75, 3.05) is 7.05 Å². The van der Waals surface area contributed by atoms with Gasteiger partial charge in [-0.1, -0.05) is 11.6 Å². The van der Waals surface area contributed by atoms with Crippen molar-refractivity contribution in [2.24, 2.45) is 0 Å². The van der Waals surface area contributed by atoms with Crippen LogP contribution in [0.15, 0.2) is 40.0 Å². The Kier molecular flexibility index (Phi) is 4.67. The maximum absolute atomic E-state index is 14.1. The Morgan fingerprint density at radius 1 is 1.43 bits per heavy atom. The molecule has 1 N–H and O–H groups in total. The van der Waals surface area contributed by atoms with Crippen LogP contribution < -0.4 is 0 Å². The third-order valence-electron chi connectivity index (χ3n) is 2.92. The Morgan fingerprint density at radius 3 is 2.71 bits per heavy atom. The van der Waals surface area contributed by atoms with Gasteiger partial charge in [0, 0.05) is 29.7 Å². The second-order valence-corrected chi connectivity index (χ2v) is 6.88. The van der Waals surface area contributed by atoms with Crippen molar-refractivity contribution in [1.29, 1.82) is 0 Å². The fraction of sp³-hybridized carbons (Fsp3) is 0.231. The van der Waals surface area contributed by atoms with Gasteiger partial charge < -0.3 is 9.52 Å². The summed E-state index contributed by atoms with van der Waals surface area (Å²) < 4.78 is 44.8. The lowest BCUT2D eigenvalue weighted by molar-refractivity contribution is 0.274. The van der Waals surface area contributed by atoms with E-state index in [1.54, 1.807) is 6.07 Å². The minimum atomic E-state index is -4.08. The van der Waals surface area contributed by atoms with Crippen LogP contribution in [0.3, 0.4) is 0 Å². The van der Waals surface area contributed by atoms with Crippen molar-refractivity contribution in [1.82, 2.24) is 4.31 Å². The van der Waals surface area contributed by atoms with Gasteiger partial charge in [-0.05, 0) is 18.2 Å². The Balaban J connectivity index is 2.41. The van der Waals surface area contributed by atoms with Crippen molar-refractivity contribution >= 4 is 21.6 Å². The fourth-order valence-electron chi connectivity index (χ4n) is 1.81. The maximum Gasteiger partial charge on any atom is 0.246 e. The number of aliphatic hydroxyl groups is 1. The van der Waals surface area contributed by atoms with Crippen LogP contribution in [-0.4, -0.2) is 24.9 Å². The van der Waals surface area contributed by atoms with Gasteiger partial charge in [0.25, 0.3) is 0 Å². The van der Waals surface area contributed by atoms with Gasteiger partial charge in [0.2, 0.25) is 10.0 Å². The van der Waals surface area contributed by atoms with E-state index in [2.05, 4.69) is 0 Å². The molecule has 5 nitrogen and oxygen atoms in total. The molecule has 21 heavy (non-hydrogen) atoms.